The van der Waals surface area contributed by atoms with E-state index < -0.39 is 0 Å². The number of nitrogens with zero attached hydrogens (tertiary/aromatic N) is 2. The molecular formula is C14H19N3O. The Morgan fingerprint density at radius 1 is 1.22 bits per heavy atom. The lowest BCUT2D eigenvalue weighted by Crippen LogP contribution is -2.07. The van der Waals surface area contributed by atoms with Crippen molar-refractivity contribution in [2.75, 3.05) is 11.9 Å². The first kappa shape index (κ1) is 12.6. The molecule has 0 spiro atoms. The lowest BCUT2D eigenvalue weighted by molar-refractivity contribution is 0.299. The minimum Gasteiger partial charge on any atom is -0.396 e. The molecule has 0 saturated carbocycles. The topological polar surface area (TPSA) is 50.1 Å². The monoisotopic (exact) mass is 245 g/mol. The number of hydrogen-bond donors (Lipinski definition) is 2. The normalized spacial score (nSPS) is 10.6. The van der Waals surface area contributed by atoms with Gasteiger partial charge in [-0.15, -0.1) is 0 Å². The van der Waals surface area contributed by atoms with E-state index >= 15 is 0 Å². The molecule has 1 heterocycles. The molecule has 0 bridgehead atoms. The van der Waals surface area contributed by atoms with Crippen LogP contribution >= 0.6 is 0 Å². The second-order valence-electron chi connectivity index (χ2n) is 4.16. The first-order valence-corrected chi connectivity index (χ1v) is 6.28. The molecule has 2 aromatic rings. The van der Waals surface area contributed by atoms with Gasteiger partial charge in [0.15, 0.2) is 0 Å². The summed E-state index contributed by atoms with van der Waals surface area (Å²) in [5.41, 5.74) is 3.42. The van der Waals surface area contributed by atoms with Gasteiger partial charge in [0.25, 0.3) is 0 Å². The molecule has 0 amide bonds. The summed E-state index contributed by atoms with van der Waals surface area (Å²) in [6.07, 6.45) is 2.54. The van der Waals surface area contributed by atoms with Crippen LogP contribution in [-0.4, -0.2) is 21.5 Å². The Kier molecular flexibility index (Phi) is 4.36. The maximum absolute atomic E-state index is 8.85. The fourth-order valence-electron chi connectivity index (χ4n) is 1.91. The van der Waals surface area contributed by atoms with E-state index in [9.17, 15) is 0 Å². The minimum absolute atomic E-state index is 0.197. The fourth-order valence-corrected chi connectivity index (χ4v) is 1.91. The highest BCUT2D eigenvalue weighted by Gasteiger charge is 2.00. The van der Waals surface area contributed by atoms with E-state index in [2.05, 4.69) is 17.3 Å². The van der Waals surface area contributed by atoms with Crippen LogP contribution in [0, 0.1) is 0 Å². The van der Waals surface area contributed by atoms with E-state index in [0.717, 1.165) is 24.3 Å². The molecule has 0 atom stereocenters. The van der Waals surface area contributed by atoms with Gasteiger partial charge in [-0.3, -0.25) is 4.68 Å². The van der Waals surface area contributed by atoms with Crippen LogP contribution in [0.4, 0.5) is 5.69 Å². The second kappa shape index (κ2) is 6.21. The largest absolute Gasteiger partial charge is 0.396 e. The molecule has 18 heavy (non-hydrogen) atoms. The summed E-state index contributed by atoms with van der Waals surface area (Å²) in [6, 6.07) is 10.2. The Balaban J connectivity index is 1.94. The van der Waals surface area contributed by atoms with Crippen LogP contribution < -0.4 is 5.32 Å². The predicted octanol–water partition coefficient (Wildman–Crippen LogP) is 2.05. The zero-order valence-corrected chi connectivity index (χ0v) is 10.6. The highest BCUT2D eigenvalue weighted by molar-refractivity contribution is 5.44. The van der Waals surface area contributed by atoms with Gasteiger partial charge in [0.1, 0.15) is 0 Å². The summed E-state index contributed by atoms with van der Waals surface area (Å²) in [5, 5.41) is 16.5. The van der Waals surface area contributed by atoms with Crippen LogP contribution in [0.2, 0.25) is 0 Å². The van der Waals surface area contributed by atoms with Crippen LogP contribution in [0.5, 0.6) is 0 Å². The molecule has 0 aliphatic carbocycles. The smallest absolute Gasteiger partial charge is 0.0575 e. The summed E-state index contributed by atoms with van der Waals surface area (Å²) in [6.45, 7) is 3.94. The molecule has 4 heteroatoms. The highest BCUT2D eigenvalue weighted by atomic mass is 16.2. The molecule has 2 rings (SSSR count). The molecular weight excluding hydrogens is 226 g/mol. The Morgan fingerprint density at radius 3 is 2.67 bits per heavy atom. The van der Waals surface area contributed by atoms with Gasteiger partial charge >= 0.3 is 0 Å². The average Bonchev–Trinajstić information content (AvgIpc) is 2.86. The van der Waals surface area contributed by atoms with Crippen molar-refractivity contribution in [3.05, 3.63) is 47.8 Å². The van der Waals surface area contributed by atoms with Crippen molar-refractivity contribution in [2.45, 2.75) is 26.4 Å². The van der Waals surface area contributed by atoms with E-state index in [1.807, 2.05) is 41.2 Å². The summed E-state index contributed by atoms with van der Waals surface area (Å²) in [4.78, 5) is 0. The van der Waals surface area contributed by atoms with Crippen LogP contribution in [0.3, 0.4) is 0 Å². The third-order valence-corrected chi connectivity index (χ3v) is 2.93. The zero-order chi connectivity index (χ0) is 12.8. The summed E-state index contributed by atoms with van der Waals surface area (Å²) < 4.78 is 1.98. The zero-order valence-electron chi connectivity index (χ0n) is 10.6. The molecule has 1 aromatic carbocycles. The van der Waals surface area contributed by atoms with Crippen LogP contribution in [0.1, 0.15) is 18.2 Å². The van der Waals surface area contributed by atoms with Gasteiger partial charge in [0, 0.05) is 25.0 Å². The molecule has 0 fully saturated rings. The molecule has 0 aliphatic rings. The van der Waals surface area contributed by atoms with Crippen molar-refractivity contribution in [1.29, 1.82) is 0 Å². The molecule has 0 aliphatic heterocycles. The predicted molar refractivity (Wildman–Crippen MR) is 72.5 cm³/mol. The van der Waals surface area contributed by atoms with Crippen LogP contribution in [0.15, 0.2) is 36.5 Å². The Bertz CT molecular complexity index is 476. The quantitative estimate of drug-likeness (QED) is 0.819. The van der Waals surface area contributed by atoms with Crippen molar-refractivity contribution in [2.24, 2.45) is 0 Å². The van der Waals surface area contributed by atoms with Crippen molar-refractivity contribution in [1.82, 2.24) is 9.78 Å². The van der Waals surface area contributed by atoms with Gasteiger partial charge < -0.3 is 10.4 Å². The lowest BCUT2D eigenvalue weighted by atomic mass is 10.1. The number of hydrogen-bond acceptors (Lipinski definition) is 3. The Morgan fingerprint density at radius 2 is 2.00 bits per heavy atom. The highest BCUT2D eigenvalue weighted by Crippen LogP contribution is 2.11. The first-order valence-electron chi connectivity index (χ1n) is 6.28. The van der Waals surface area contributed by atoms with E-state index in [4.69, 9.17) is 5.11 Å². The number of aromatic nitrogens is 2. The SMILES string of the molecule is CCn1nccc1CNc1ccc(CCO)cc1. The van der Waals surface area contributed by atoms with Gasteiger partial charge in [-0.1, -0.05) is 12.1 Å². The molecule has 96 valence electrons. The molecule has 4 nitrogen and oxygen atoms in total. The number of aryl methyl sites for hydroxylation is 1. The van der Waals surface area contributed by atoms with Crippen LogP contribution in [0.25, 0.3) is 0 Å². The van der Waals surface area contributed by atoms with E-state index in [1.165, 1.54) is 5.69 Å². The van der Waals surface area contributed by atoms with Gasteiger partial charge in [-0.2, -0.15) is 5.10 Å². The van der Waals surface area contributed by atoms with Crippen molar-refractivity contribution < 1.29 is 5.11 Å². The standard InChI is InChI=1S/C14H19N3O/c1-2-17-14(7-9-16-17)11-15-13-5-3-12(4-6-13)8-10-18/h3-7,9,15,18H,2,8,10-11H2,1H3. The van der Waals surface area contributed by atoms with E-state index in [-0.39, 0.29) is 6.61 Å². The maximum Gasteiger partial charge on any atom is 0.0575 e. The van der Waals surface area contributed by atoms with Gasteiger partial charge in [0.05, 0.1) is 12.2 Å². The Labute approximate surface area is 107 Å². The van der Waals surface area contributed by atoms with E-state index in [0.29, 0.717) is 6.42 Å². The number of aliphatic hydroxyl groups is 1. The van der Waals surface area contributed by atoms with E-state index in [1.54, 1.807) is 0 Å². The van der Waals surface area contributed by atoms with Gasteiger partial charge in [-0.25, -0.2) is 0 Å². The molecule has 0 unspecified atom stereocenters. The summed E-state index contributed by atoms with van der Waals surface area (Å²) >= 11 is 0. The minimum atomic E-state index is 0.197. The Hall–Kier alpha value is -1.81. The van der Waals surface area contributed by atoms with Gasteiger partial charge in [0.2, 0.25) is 0 Å². The lowest BCUT2D eigenvalue weighted by Gasteiger charge is -2.08. The van der Waals surface area contributed by atoms with Crippen molar-refractivity contribution in [3.8, 4) is 0 Å². The van der Waals surface area contributed by atoms with Gasteiger partial charge in [-0.05, 0) is 37.1 Å². The molecule has 1 aromatic heterocycles. The van der Waals surface area contributed by atoms with Crippen LogP contribution in [-0.2, 0) is 19.5 Å². The summed E-state index contributed by atoms with van der Waals surface area (Å²) in [5.74, 6) is 0. The number of benzene rings is 1. The number of anilines is 1. The third-order valence-electron chi connectivity index (χ3n) is 2.93. The molecule has 2 N–H and O–H groups in total. The molecule has 0 radical (unpaired) electrons. The second-order valence-corrected chi connectivity index (χ2v) is 4.16. The maximum atomic E-state index is 8.85. The molecule has 0 saturated heterocycles. The number of nitrogens with one attached hydrogen (secondary N) is 1. The first-order chi connectivity index (χ1) is 8.83. The average molecular weight is 245 g/mol. The fraction of sp³-hybridized carbons (Fsp3) is 0.357. The van der Waals surface area contributed by atoms with Crippen molar-refractivity contribution in [3.63, 3.8) is 0 Å². The number of aliphatic hydroxyl groups excluding tert-OH is 1. The van der Waals surface area contributed by atoms with Crippen molar-refractivity contribution >= 4 is 5.69 Å². The number of rotatable bonds is 6. The summed E-state index contributed by atoms with van der Waals surface area (Å²) in [7, 11) is 0. The third kappa shape index (κ3) is 3.11.